The number of carbonyl (C=O) groups is 1. The predicted octanol–water partition coefficient (Wildman–Crippen LogP) is 4.89. The zero-order valence-corrected chi connectivity index (χ0v) is 13.7. The van der Waals surface area contributed by atoms with E-state index in [9.17, 15) is 4.79 Å². The summed E-state index contributed by atoms with van der Waals surface area (Å²) in [6.45, 7) is 2.28. The van der Waals surface area contributed by atoms with E-state index in [1.165, 1.54) is 16.9 Å². The number of nitrogens with one attached hydrogen (secondary N) is 1. The summed E-state index contributed by atoms with van der Waals surface area (Å²) in [5.41, 5.74) is 2.95. The quantitative estimate of drug-likeness (QED) is 0.821. The first-order chi connectivity index (χ1) is 9.63. The fourth-order valence-electron chi connectivity index (χ4n) is 2.63. The van der Waals surface area contributed by atoms with Crippen molar-refractivity contribution in [2.45, 2.75) is 26.2 Å². The van der Waals surface area contributed by atoms with Crippen LogP contribution in [0.2, 0.25) is 0 Å². The van der Waals surface area contributed by atoms with Crippen molar-refractivity contribution in [1.29, 1.82) is 0 Å². The number of fused-ring (bicyclic) bond motifs is 1. The summed E-state index contributed by atoms with van der Waals surface area (Å²) in [5.74, 6) is 0.747. The molecule has 20 heavy (non-hydrogen) atoms. The summed E-state index contributed by atoms with van der Waals surface area (Å²) in [6.07, 6.45) is 3.33. The summed E-state index contributed by atoms with van der Waals surface area (Å²) in [5, 5.41) is 4.99. The zero-order valence-electron chi connectivity index (χ0n) is 11.3. The van der Waals surface area contributed by atoms with Crippen LogP contribution in [0.1, 0.15) is 34.1 Å². The van der Waals surface area contributed by atoms with Crippen molar-refractivity contribution >= 4 is 38.9 Å². The maximum absolute atomic E-state index is 12.4. The third kappa shape index (κ3) is 2.81. The van der Waals surface area contributed by atoms with Gasteiger partial charge in [-0.1, -0.05) is 28.9 Å². The van der Waals surface area contributed by atoms with Gasteiger partial charge in [-0.3, -0.25) is 4.79 Å². The van der Waals surface area contributed by atoms with E-state index < -0.39 is 0 Å². The number of halogens is 1. The molecule has 0 aliphatic heterocycles. The summed E-state index contributed by atoms with van der Waals surface area (Å²) >= 11 is 5.15. The Balaban J connectivity index is 1.81. The molecule has 2 aromatic rings. The summed E-state index contributed by atoms with van der Waals surface area (Å²) in [4.78, 5) is 13.8. The van der Waals surface area contributed by atoms with Crippen LogP contribution in [0.25, 0.3) is 0 Å². The van der Waals surface area contributed by atoms with Crippen LogP contribution in [0.3, 0.4) is 0 Å². The smallest absolute Gasteiger partial charge is 0.256 e. The van der Waals surface area contributed by atoms with Gasteiger partial charge in [0.15, 0.2) is 0 Å². The second kappa shape index (κ2) is 5.70. The third-order valence-corrected chi connectivity index (χ3v) is 5.27. The van der Waals surface area contributed by atoms with Crippen LogP contribution < -0.4 is 5.32 Å². The molecule has 1 N–H and O–H groups in total. The number of carbonyl (C=O) groups excluding carboxylic acids is 1. The normalized spacial score (nSPS) is 17.6. The lowest BCUT2D eigenvalue weighted by molar-refractivity contribution is 0.102. The van der Waals surface area contributed by atoms with Gasteiger partial charge >= 0.3 is 0 Å². The molecule has 0 fully saturated rings. The molecule has 1 atom stereocenters. The van der Waals surface area contributed by atoms with E-state index in [2.05, 4.69) is 28.2 Å². The fraction of sp³-hybridized carbons (Fsp3) is 0.312. The second-order valence-corrected chi connectivity index (χ2v) is 7.24. The Hall–Kier alpha value is -1.13. The molecule has 0 bridgehead atoms. The monoisotopic (exact) mass is 349 g/mol. The van der Waals surface area contributed by atoms with Gasteiger partial charge in [-0.2, -0.15) is 0 Å². The van der Waals surface area contributed by atoms with Gasteiger partial charge in [-0.25, -0.2) is 0 Å². The Labute approximate surface area is 131 Å². The van der Waals surface area contributed by atoms with Gasteiger partial charge in [0.1, 0.15) is 0 Å². The van der Waals surface area contributed by atoms with Gasteiger partial charge in [-0.05, 0) is 48.9 Å². The maximum Gasteiger partial charge on any atom is 0.256 e. The molecule has 1 aliphatic rings. The van der Waals surface area contributed by atoms with Crippen LogP contribution in [-0.4, -0.2) is 5.91 Å². The highest BCUT2D eigenvalue weighted by Gasteiger charge is 2.23. The number of anilines is 1. The van der Waals surface area contributed by atoms with Gasteiger partial charge in [0, 0.05) is 20.4 Å². The van der Waals surface area contributed by atoms with E-state index in [0.717, 1.165) is 34.5 Å². The van der Waals surface area contributed by atoms with E-state index in [1.807, 2.05) is 29.6 Å². The number of hydrogen-bond acceptors (Lipinski definition) is 2. The number of hydrogen-bond donors (Lipinski definition) is 1. The summed E-state index contributed by atoms with van der Waals surface area (Å²) < 4.78 is 0.969. The van der Waals surface area contributed by atoms with Gasteiger partial charge in [0.2, 0.25) is 0 Å². The molecular formula is C16H16BrNOS. The summed E-state index contributed by atoms with van der Waals surface area (Å²) in [7, 11) is 0. The standard InChI is InChI=1S/C16H16BrNOS/c1-10-5-6-13-14(9-20-15(13)7-10)16(19)18-12-4-2-3-11(17)8-12/h2-4,8-10H,5-7H2,1H3,(H,18,19)/t10-/m1/s1. The average molecular weight is 350 g/mol. The lowest BCUT2D eigenvalue weighted by Gasteiger charge is -2.18. The molecule has 0 saturated heterocycles. The topological polar surface area (TPSA) is 29.1 Å². The molecule has 3 rings (SSSR count). The minimum Gasteiger partial charge on any atom is -0.322 e. The van der Waals surface area contributed by atoms with Crippen LogP contribution in [0.4, 0.5) is 5.69 Å². The van der Waals surface area contributed by atoms with E-state index in [4.69, 9.17) is 0 Å². The van der Waals surface area contributed by atoms with E-state index in [0.29, 0.717) is 0 Å². The molecular weight excluding hydrogens is 334 g/mol. The Kier molecular flexibility index (Phi) is 3.94. The highest BCUT2D eigenvalue weighted by atomic mass is 79.9. The van der Waals surface area contributed by atoms with Gasteiger partial charge in [0.05, 0.1) is 5.56 Å². The van der Waals surface area contributed by atoms with Crippen LogP contribution in [0.5, 0.6) is 0 Å². The molecule has 0 radical (unpaired) electrons. The van der Waals surface area contributed by atoms with Gasteiger partial charge in [-0.15, -0.1) is 11.3 Å². The summed E-state index contributed by atoms with van der Waals surface area (Å²) in [6, 6.07) is 7.69. The second-order valence-electron chi connectivity index (χ2n) is 5.36. The largest absolute Gasteiger partial charge is 0.322 e. The van der Waals surface area contributed by atoms with Crippen LogP contribution in [0.15, 0.2) is 34.1 Å². The number of amides is 1. The lowest BCUT2D eigenvalue weighted by atomic mass is 9.88. The fourth-order valence-corrected chi connectivity index (χ4v) is 4.28. The Morgan fingerprint density at radius 1 is 1.45 bits per heavy atom. The van der Waals surface area contributed by atoms with E-state index >= 15 is 0 Å². The van der Waals surface area contributed by atoms with E-state index in [-0.39, 0.29) is 5.91 Å². The number of benzene rings is 1. The van der Waals surface area contributed by atoms with Crippen molar-refractivity contribution < 1.29 is 4.79 Å². The molecule has 1 amide bonds. The van der Waals surface area contributed by atoms with Gasteiger partial charge in [0.25, 0.3) is 5.91 Å². The first-order valence-electron chi connectivity index (χ1n) is 6.79. The molecule has 4 heteroatoms. The Morgan fingerprint density at radius 3 is 3.10 bits per heavy atom. The average Bonchev–Trinajstić information content (AvgIpc) is 2.81. The molecule has 0 saturated carbocycles. The highest BCUT2D eigenvalue weighted by Crippen LogP contribution is 2.33. The number of thiophene rings is 1. The van der Waals surface area contributed by atoms with E-state index in [1.54, 1.807) is 11.3 Å². The minimum absolute atomic E-state index is 0.00940. The first-order valence-corrected chi connectivity index (χ1v) is 8.47. The van der Waals surface area contributed by atoms with Gasteiger partial charge < -0.3 is 5.32 Å². The van der Waals surface area contributed by atoms with Crippen LogP contribution >= 0.6 is 27.3 Å². The van der Waals surface area contributed by atoms with Crippen molar-refractivity contribution in [2.24, 2.45) is 5.92 Å². The SMILES string of the molecule is C[C@@H]1CCc2c(C(=O)Nc3cccc(Br)c3)csc2C1. The first kappa shape index (κ1) is 13.8. The molecule has 2 nitrogen and oxygen atoms in total. The molecule has 1 aliphatic carbocycles. The van der Waals surface area contributed by atoms with Crippen LogP contribution in [0, 0.1) is 5.92 Å². The highest BCUT2D eigenvalue weighted by molar-refractivity contribution is 9.10. The zero-order chi connectivity index (χ0) is 14.1. The molecule has 0 spiro atoms. The van der Waals surface area contributed by atoms with Crippen molar-refractivity contribution in [3.8, 4) is 0 Å². The maximum atomic E-state index is 12.4. The predicted molar refractivity (Wildman–Crippen MR) is 87.6 cm³/mol. The van der Waals surface area contributed by atoms with Crippen molar-refractivity contribution in [2.75, 3.05) is 5.32 Å². The Morgan fingerprint density at radius 2 is 2.30 bits per heavy atom. The molecule has 0 unspecified atom stereocenters. The molecule has 1 heterocycles. The van der Waals surface area contributed by atoms with Crippen molar-refractivity contribution in [3.63, 3.8) is 0 Å². The third-order valence-electron chi connectivity index (χ3n) is 3.73. The molecule has 104 valence electrons. The van der Waals surface area contributed by atoms with Crippen molar-refractivity contribution in [3.05, 3.63) is 50.1 Å². The minimum atomic E-state index is 0.00940. The molecule has 1 aromatic carbocycles. The lowest BCUT2D eigenvalue weighted by Crippen LogP contribution is -2.16. The molecule has 1 aromatic heterocycles. The van der Waals surface area contributed by atoms with Crippen LogP contribution in [-0.2, 0) is 12.8 Å². The number of rotatable bonds is 2. The van der Waals surface area contributed by atoms with Crippen molar-refractivity contribution in [1.82, 2.24) is 0 Å². The Bertz CT molecular complexity index is 650.